The second kappa shape index (κ2) is 5.93. The highest BCUT2D eigenvalue weighted by atomic mass is 16.6. The van der Waals surface area contributed by atoms with Crippen molar-refractivity contribution < 1.29 is 14.5 Å². The molecule has 6 nitrogen and oxygen atoms in total. The molecule has 0 N–H and O–H groups in total. The number of carbonyl (C=O) groups is 1. The van der Waals surface area contributed by atoms with Crippen molar-refractivity contribution in [2.24, 2.45) is 0 Å². The number of hydrogen-bond acceptors (Lipinski definition) is 5. The Morgan fingerprint density at radius 2 is 2.29 bits per heavy atom. The van der Waals surface area contributed by atoms with Gasteiger partial charge in [0, 0.05) is 12.3 Å². The Bertz CT molecular complexity index is 420. The van der Waals surface area contributed by atoms with Gasteiger partial charge in [-0.3, -0.25) is 19.9 Å². The topological polar surface area (TPSA) is 82.3 Å². The highest BCUT2D eigenvalue weighted by Crippen LogP contribution is 2.27. The van der Waals surface area contributed by atoms with Gasteiger partial charge in [-0.1, -0.05) is 6.92 Å². The Morgan fingerprint density at radius 1 is 1.59 bits per heavy atom. The molecule has 0 amide bonds. The minimum absolute atomic E-state index is 0.146. The summed E-state index contributed by atoms with van der Waals surface area (Å²) in [5.41, 5.74) is 0.0193. The van der Waals surface area contributed by atoms with Gasteiger partial charge in [0.15, 0.2) is 0 Å². The molecular weight excluding hydrogens is 224 g/mol. The molecule has 0 aliphatic carbocycles. The zero-order valence-corrected chi connectivity index (χ0v) is 9.75. The number of aromatic nitrogens is 1. The molecule has 1 aromatic heterocycles. The summed E-state index contributed by atoms with van der Waals surface area (Å²) in [6.45, 7) is 3.70. The zero-order chi connectivity index (χ0) is 12.8. The summed E-state index contributed by atoms with van der Waals surface area (Å²) < 4.78 is 4.88. The highest BCUT2D eigenvalue weighted by molar-refractivity contribution is 5.78. The first-order valence-corrected chi connectivity index (χ1v) is 5.37. The molecule has 1 atom stereocenters. The van der Waals surface area contributed by atoms with Gasteiger partial charge in [0.2, 0.25) is 0 Å². The fourth-order valence-corrected chi connectivity index (χ4v) is 1.55. The number of hydrogen-bond donors (Lipinski definition) is 0. The third kappa shape index (κ3) is 2.99. The van der Waals surface area contributed by atoms with Gasteiger partial charge in [-0.15, -0.1) is 0 Å². The van der Waals surface area contributed by atoms with Crippen LogP contribution in [-0.4, -0.2) is 22.5 Å². The summed E-state index contributed by atoms with van der Waals surface area (Å²) >= 11 is 0. The van der Waals surface area contributed by atoms with Crippen molar-refractivity contribution in [1.29, 1.82) is 0 Å². The molecule has 1 rings (SSSR count). The van der Waals surface area contributed by atoms with Crippen LogP contribution in [0.5, 0.6) is 0 Å². The standard InChI is InChI=1S/C11H14N2O4/c1-3-8(11(14)17-4-2)10-9(13(15)16)6-5-7-12-10/h5-8H,3-4H2,1-2H3. The molecule has 0 bridgehead atoms. The van der Waals surface area contributed by atoms with Crippen LogP contribution in [0.2, 0.25) is 0 Å². The first kappa shape index (κ1) is 13.1. The number of carbonyl (C=O) groups excluding carboxylic acids is 1. The molecule has 0 fully saturated rings. The summed E-state index contributed by atoms with van der Waals surface area (Å²) in [5, 5.41) is 10.8. The minimum atomic E-state index is -0.684. The van der Waals surface area contributed by atoms with E-state index < -0.39 is 16.8 Å². The molecule has 0 aliphatic rings. The average Bonchev–Trinajstić information content (AvgIpc) is 2.31. The lowest BCUT2D eigenvalue weighted by Gasteiger charge is -2.12. The molecule has 0 aliphatic heterocycles. The Morgan fingerprint density at radius 3 is 2.82 bits per heavy atom. The van der Waals surface area contributed by atoms with Crippen molar-refractivity contribution in [3.8, 4) is 0 Å². The number of pyridine rings is 1. The molecule has 1 unspecified atom stereocenters. The quantitative estimate of drug-likeness (QED) is 0.445. The van der Waals surface area contributed by atoms with Gasteiger partial charge >= 0.3 is 5.97 Å². The summed E-state index contributed by atoms with van der Waals surface area (Å²) in [6.07, 6.45) is 1.85. The van der Waals surface area contributed by atoms with Crippen molar-refractivity contribution >= 4 is 11.7 Å². The number of rotatable bonds is 5. The molecule has 0 radical (unpaired) electrons. The van der Waals surface area contributed by atoms with Crippen LogP contribution in [0.15, 0.2) is 18.3 Å². The second-order valence-corrected chi connectivity index (χ2v) is 3.38. The van der Waals surface area contributed by atoms with Crippen molar-refractivity contribution in [2.75, 3.05) is 6.61 Å². The van der Waals surface area contributed by atoms with Gasteiger partial charge in [-0.25, -0.2) is 0 Å². The molecule has 0 saturated heterocycles. The van der Waals surface area contributed by atoms with Crippen molar-refractivity contribution in [3.05, 3.63) is 34.1 Å². The van der Waals surface area contributed by atoms with Crippen LogP contribution in [0, 0.1) is 10.1 Å². The zero-order valence-electron chi connectivity index (χ0n) is 9.75. The fourth-order valence-electron chi connectivity index (χ4n) is 1.55. The largest absolute Gasteiger partial charge is 0.465 e. The molecule has 6 heteroatoms. The number of ether oxygens (including phenoxy) is 1. The molecule has 17 heavy (non-hydrogen) atoms. The summed E-state index contributed by atoms with van der Waals surface area (Å²) in [5.74, 6) is -1.16. The number of nitrogens with zero attached hydrogens (tertiary/aromatic N) is 2. The molecule has 0 saturated carbocycles. The van der Waals surface area contributed by atoms with E-state index in [0.717, 1.165) is 0 Å². The molecule has 1 aromatic rings. The normalized spacial score (nSPS) is 11.9. The molecule has 0 spiro atoms. The van der Waals surface area contributed by atoms with Gasteiger partial charge in [0.1, 0.15) is 11.6 Å². The van der Waals surface area contributed by atoms with Crippen molar-refractivity contribution in [2.45, 2.75) is 26.2 Å². The fraction of sp³-hybridized carbons (Fsp3) is 0.455. The average molecular weight is 238 g/mol. The molecule has 1 heterocycles. The second-order valence-electron chi connectivity index (χ2n) is 3.38. The minimum Gasteiger partial charge on any atom is -0.465 e. The van der Waals surface area contributed by atoms with Gasteiger partial charge in [0.25, 0.3) is 5.69 Å². The predicted molar refractivity (Wildman–Crippen MR) is 60.6 cm³/mol. The van der Waals surface area contributed by atoms with Crippen molar-refractivity contribution in [3.63, 3.8) is 0 Å². The summed E-state index contributed by atoms with van der Waals surface area (Å²) in [7, 11) is 0. The summed E-state index contributed by atoms with van der Waals surface area (Å²) in [6, 6.07) is 2.81. The third-order valence-electron chi connectivity index (χ3n) is 2.32. The van der Waals surface area contributed by atoms with E-state index in [4.69, 9.17) is 4.74 Å². The van der Waals surface area contributed by atoms with Gasteiger partial charge in [-0.2, -0.15) is 0 Å². The maximum absolute atomic E-state index is 11.7. The van der Waals surface area contributed by atoms with E-state index >= 15 is 0 Å². The lowest BCUT2D eigenvalue weighted by molar-refractivity contribution is -0.386. The van der Waals surface area contributed by atoms with Gasteiger partial charge < -0.3 is 4.74 Å². The number of esters is 1. The lowest BCUT2D eigenvalue weighted by atomic mass is 10.0. The first-order valence-electron chi connectivity index (χ1n) is 5.37. The van der Waals surface area contributed by atoms with E-state index in [9.17, 15) is 14.9 Å². The monoisotopic (exact) mass is 238 g/mol. The van der Waals surface area contributed by atoms with E-state index in [0.29, 0.717) is 6.42 Å². The van der Waals surface area contributed by atoms with E-state index in [1.807, 2.05) is 0 Å². The highest BCUT2D eigenvalue weighted by Gasteiger charge is 2.28. The smallest absolute Gasteiger partial charge is 0.315 e. The van der Waals surface area contributed by atoms with Crippen LogP contribution in [0.3, 0.4) is 0 Å². The van der Waals surface area contributed by atoms with Crippen LogP contribution >= 0.6 is 0 Å². The van der Waals surface area contributed by atoms with Crippen molar-refractivity contribution in [1.82, 2.24) is 4.98 Å². The van der Waals surface area contributed by atoms with E-state index in [-0.39, 0.29) is 18.0 Å². The Hall–Kier alpha value is -1.98. The van der Waals surface area contributed by atoms with Crippen LogP contribution in [0.4, 0.5) is 5.69 Å². The maximum atomic E-state index is 11.7. The van der Waals surface area contributed by atoms with Crippen LogP contribution in [0.25, 0.3) is 0 Å². The number of nitro groups is 1. The Labute approximate surface area is 98.8 Å². The van der Waals surface area contributed by atoms with Gasteiger partial charge in [0.05, 0.1) is 11.5 Å². The van der Waals surface area contributed by atoms with E-state index in [1.54, 1.807) is 13.8 Å². The summed E-state index contributed by atoms with van der Waals surface area (Å²) in [4.78, 5) is 25.9. The van der Waals surface area contributed by atoms with Crippen LogP contribution in [-0.2, 0) is 9.53 Å². The van der Waals surface area contributed by atoms with Gasteiger partial charge in [-0.05, 0) is 19.4 Å². The molecule has 0 aromatic carbocycles. The first-order chi connectivity index (χ1) is 8.11. The Kier molecular flexibility index (Phi) is 4.56. The molecule has 92 valence electrons. The predicted octanol–water partition coefficient (Wildman–Crippen LogP) is 2.05. The van der Waals surface area contributed by atoms with Crippen LogP contribution in [0.1, 0.15) is 31.9 Å². The third-order valence-corrected chi connectivity index (χ3v) is 2.32. The molecular formula is C11H14N2O4. The lowest BCUT2D eigenvalue weighted by Crippen LogP contribution is -2.17. The maximum Gasteiger partial charge on any atom is 0.315 e. The van der Waals surface area contributed by atoms with E-state index in [1.165, 1.54) is 18.3 Å². The SMILES string of the molecule is CCOC(=O)C(CC)c1ncccc1[N+](=O)[O-]. The Balaban J connectivity index is 3.11. The van der Waals surface area contributed by atoms with Crippen LogP contribution < -0.4 is 0 Å². The van der Waals surface area contributed by atoms with E-state index in [2.05, 4.69) is 4.98 Å².